The molecule has 1 N–H and O–H groups in total. The molecule has 0 bridgehead atoms. The molecule has 0 aliphatic carbocycles. The predicted molar refractivity (Wildman–Crippen MR) is 65.6 cm³/mol. The van der Waals surface area contributed by atoms with Gasteiger partial charge in [0.05, 0.1) is 12.2 Å². The van der Waals surface area contributed by atoms with Crippen LogP contribution in [0.25, 0.3) is 0 Å². The van der Waals surface area contributed by atoms with Gasteiger partial charge in [-0.3, -0.25) is 19.7 Å². The molecule has 0 aromatic heterocycles. The Morgan fingerprint density at radius 3 is 2.37 bits per heavy atom. The Hall–Kier alpha value is -2.50. The van der Waals surface area contributed by atoms with Gasteiger partial charge in [-0.15, -0.1) is 0 Å². The fourth-order valence-electron chi connectivity index (χ4n) is 1.35. The van der Waals surface area contributed by atoms with Crippen LogP contribution in [0.3, 0.4) is 0 Å². The van der Waals surface area contributed by atoms with Gasteiger partial charge in [-0.05, 0) is 19.1 Å². The van der Waals surface area contributed by atoms with Crippen LogP contribution in [0.1, 0.15) is 34.6 Å². The number of nitrogens with one attached hydrogen (secondary N) is 1. The number of imide groups is 1. The van der Waals surface area contributed by atoms with E-state index in [1.54, 1.807) is 6.92 Å². The van der Waals surface area contributed by atoms with Gasteiger partial charge in [0.25, 0.3) is 11.7 Å². The number of esters is 1. The van der Waals surface area contributed by atoms with Crippen LogP contribution in [0.4, 0.5) is 0 Å². The number of benzene rings is 1. The summed E-state index contributed by atoms with van der Waals surface area (Å²) in [6.45, 7) is 3.00. The molecule has 1 aromatic rings. The van der Waals surface area contributed by atoms with Crippen molar-refractivity contribution in [3.8, 4) is 0 Å². The second-order valence-electron chi connectivity index (χ2n) is 3.64. The topological polar surface area (TPSA) is 89.5 Å². The van der Waals surface area contributed by atoms with Crippen molar-refractivity contribution in [2.75, 3.05) is 6.61 Å². The molecule has 1 aromatic carbocycles. The van der Waals surface area contributed by atoms with Crippen LogP contribution >= 0.6 is 0 Å². The maximum Gasteiger partial charge on any atom is 0.338 e. The third-order valence-corrected chi connectivity index (χ3v) is 2.13. The summed E-state index contributed by atoms with van der Waals surface area (Å²) in [5.74, 6) is -3.13. The van der Waals surface area contributed by atoms with Crippen molar-refractivity contribution in [2.45, 2.75) is 13.8 Å². The maximum absolute atomic E-state index is 11.7. The fourth-order valence-corrected chi connectivity index (χ4v) is 1.35. The van der Waals surface area contributed by atoms with E-state index in [4.69, 9.17) is 4.74 Å². The van der Waals surface area contributed by atoms with E-state index >= 15 is 0 Å². The largest absolute Gasteiger partial charge is 0.462 e. The summed E-state index contributed by atoms with van der Waals surface area (Å²) in [5.41, 5.74) is 0.188. The smallest absolute Gasteiger partial charge is 0.338 e. The van der Waals surface area contributed by atoms with E-state index in [9.17, 15) is 19.2 Å². The minimum Gasteiger partial charge on any atom is -0.462 e. The van der Waals surface area contributed by atoms with E-state index in [0.717, 1.165) is 6.92 Å². The fraction of sp³-hybridized carbons (Fsp3) is 0.231. The molecule has 1 rings (SSSR count). The first kappa shape index (κ1) is 14.6. The van der Waals surface area contributed by atoms with Crippen molar-refractivity contribution in [1.82, 2.24) is 5.32 Å². The van der Waals surface area contributed by atoms with Crippen molar-refractivity contribution in [3.63, 3.8) is 0 Å². The van der Waals surface area contributed by atoms with E-state index in [2.05, 4.69) is 0 Å². The van der Waals surface area contributed by atoms with Crippen LogP contribution in [-0.4, -0.2) is 30.2 Å². The van der Waals surface area contributed by atoms with Crippen molar-refractivity contribution >= 4 is 23.6 Å². The summed E-state index contributed by atoms with van der Waals surface area (Å²) < 4.78 is 4.78. The highest BCUT2D eigenvalue weighted by atomic mass is 16.5. The lowest BCUT2D eigenvalue weighted by molar-refractivity contribution is -0.126. The van der Waals surface area contributed by atoms with Crippen molar-refractivity contribution in [1.29, 1.82) is 0 Å². The van der Waals surface area contributed by atoms with Gasteiger partial charge in [0.2, 0.25) is 5.91 Å². The molecule has 19 heavy (non-hydrogen) atoms. The Kier molecular flexibility index (Phi) is 4.93. The number of Topliss-reactive ketones (excluding diaryl/α,β-unsaturated/α-hetero) is 1. The number of carbonyl (C=O) groups excluding carboxylic acids is 4. The summed E-state index contributed by atoms with van der Waals surface area (Å²) in [4.78, 5) is 45.2. The van der Waals surface area contributed by atoms with Gasteiger partial charge >= 0.3 is 5.97 Å². The molecular weight excluding hydrogens is 250 g/mol. The van der Waals surface area contributed by atoms with Gasteiger partial charge in [-0.1, -0.05) is 12.1 Å². The Bertz CT molecular complexity index is 536. The molecule has 100 valence electrons. The molecule has 0 fully saturated rings. The average molecular weight is 263 g/mol. The summed E-state index contributed by atoms with van der Waals surface area (Å²) in [5, 5.41) is 1.87. The number of rotatable bonds is 4. The Balaban J connectivity index is 2.93. The van der Waals surface area contributed by atoms with Crippen LogP contribution in [0.15, 0.2) is 24.3 Å². The molecule has 6 heteroatoms. The van der Waals surface area contributed by atoms with Crippen molar-refractivity contribution in [3.05, 3.63) is 35.4 Å². The summed E-state index contributed by atoms with van der Waals surface area (Å²) in [7, 11) is 0. The number of carbonyl (C=O) groups is 4. The quantitative estimate of drug-likeness (QED) is 0.491. The Morgan fingerprint density at radius 2 is 1.79 bits per heavy atom. The van der Waals surface area contributed by atoms with E-state index in [1.807, 2.05) is 5.32 Å². The molecule has 6 nitrogen and oxygen atoms in total. The molecule has 0 atom stereocenters. The standard InChI is InChI=1S/C13H13NO5/c1-3-19-13(18)10-6-4-5-9(7-10)11(16)12(17)14-8(2)15/h4-7H,3H2,1-2H3,(H,14,15,17). The molecule has 0 saturated carbocycles. The van der Waals surface area contributed by atoms with Crippen LogP contribution in [0.2, 0.25) is 0 Å². The molecular formula is C13H13NO5. The minimum absolute atomic E-state index is 0.0179. The van der Waals surface area contributed by atoms with Gasteiger partial charge < -0.3 is 4.74 Å². The number of amides is 2. The Morgan fingerprint density at radius 1 is 1.16 bits per heavy atom. The zero-order valence-corrected chi connectivity index (χ0v) is 10.6. The first-order valence-electron chi connectivity index (χ1n) is 5.59. The molecule has 2 amide bonds. The zero-order valence-electron chi connectivity index (χ0n) is 10.6. The number of ketones is 1. The van der Waals surface area contributed by atoms with Crippen LogP contribution in [0, 0.1) is 0 Å². The molecule has 0 saturated heterocycles. The second kappa shape index (κ2) is 6.44. The lowest BCUT2D eigenvalue weighted by Gasteiger charge is -2.04. The second-order valence-corrected chi connectivity index (χ2v) is 3.64. The Labute approximate surface area is 109 Å². The van der Waals surface area contributed by atoms with Crippen LogP contribution in [0.5, 0.6) is 0 Å². The predicted octanol–water partition coefficient (Wildman–Crippen LogP) is 0.709. The van der Waals surface area contributed by atoms with Crippen LogP contribution in [-0.2, 0) is 14.3 Å². The van der Waals surface area contributed by atoms with E-state index in [-0.39, 0.29) is 17.7 Å². The SMILES string of the molecule is CCOC(=O)c1cccc(C(=O)C(=O)NC(C)=O)c1. The lowest BCUT2D eigenvalue weighted by Crippen LogP contribution is -2.34. The van der Waals surface area contributed by atoms with Gasteiger partial charge in [0.1, 0.15) is 0 Å². The van der Waals surface area contributed by atoms with Gasteiger partial charge in [-0.25, -0.2) is 4.79 Å². The molecule has 0 aliphatic heterocycles. The first-order chi connectivity index (χ1) is 8.95. The van der Waals surface area contributed by atoms with E-state index in [0.29, 0.717) is 0 Å². The molecule has 0 radical (unpaired) electrons. The number of hydrogen-bond donors (Lipinski definition) is 1. The highest BCUT2D eigenvalue weighted by Gasteiger charge is 2.18. The monoisotopic (exact) mass is 263 g/mol. The van der Waals surface area contributed by atoms with Crippen LogP contribution < -0.4 is 5.32 Å². The third kappa shape index (κ3) is 4.02. The number of ether oxygens (including phenoxy) is 1. The normalized spacial score (nSPS) is 9.58. The average Bonchev–Trinajstić information content (AvgIpc) is 2.37. The minimum atomic E-state index is -1.03. The zero-order chi connectivity index (χ0) is 14.4. The van der Waals surface area contributed by atoms with E-state index in [1.165, 1.54) is 24.3 Å². The molecule has 0 unspecified atom stereocenters. The third-order valence-electron chi connectivity index (χ3n) is 2.13. The molecule has 0 spiro atoms. The number of hydrogen-bond acceptors (Lipinski definition) is 5. The van der Waals surface area contributed by atoms with Crippen molar-refractivity contribution < 1.29 is 23.9 Å². The maximum atomic E-state index is 11.7. The van der Waals surface area contributed by atoms with E-state index < -0.39 is 23.6 Å². The van der Waals surface area contributed by atoms with Gasteiger partial charge in [-0.2, -0.15) is 0 Å². The first-order valence-corrected chi connectivity index (χ1v) is 5.59. The summed E-state index contributed by atoms with van der Waals surface area (Å²) in [6.07, 6.45) is 0. The molecule has 0 heterocycles. The van der Waals surface area contributed by atoms with Gasteiger partial charge in [0, 0.05) is 12.5 Å². The summed E-state index contributed by atoms with van der Waals surface area (Å²) in [6, 6.07) is 5.56. The molecule has 0 aliphatic rings. The lowest BCUT2D eigenvalue weighted by atomic mass is 10.1. The van der Waals surface area contributed by atoms with Gasteiger partial charge in [0.15, 0.2) is 0 Å². The highest BCUT2D eigenvalue weighted by molar-refractivity contribution is 6.44. The highest BCUT2D eigenvalue weighted by Crippen LogP contribution is 2.08. The van der Waals surface area contributed by atoms with Crippen molar-refractivity contribution in [2.24, 2.45) is 0 Å². The summed E-state index contributed by atoms with van der Waals surface area (Å²) >= 11 is 0.